The van der Waals surface area contributed by atoms with Crippen molar-refractivity contribution in [3.8, 4) is 0 Å². The average molecular weight is 355 g/mol. The van der Waals surface area contributed by atoms with Crippen molar-refractivity contribution in [2.45, 2.75) is 5.21 Å². The summed E-state index contributed by atoms with van der Waals surface area (Å²) in [6.07, 6.45) is 0. The summed E-state index contributed by atoms with van der Waals surface area (Å²) in [5, 5.41) is 1.68. The molecule has 0 unspecified atom stereocenters. The summed E-state index contributed by atoms with van der Waals surface area (Å²) in [7, 11) is 0. The second kappa shape index (κ2) is 5.86. The Balaban J connectivity index is 2.47. The van der Waals surface area contributed by atoms with Crippen LogP contribution in [-0.2, 0) is 0 Å². The Morgan fingerprint density at radius 3 is 1.59 bits per heavy atom. The van der Waals surface area contributed by atoms with E-state index in [2.05, 4.69) is 40.2 Å². The molecule has 0 aliphatic rings. The normalized spacial score (nSPS) is 12.4. The van der Waals surface area contributed by atoms with Crippen molar-refractivity contribution < 1.29 is 4.10 Å². The van der Waals surface area contributed by atoms with Crippen LogP contribution in [0.25, 0.3) is 0 Å². The molecular formula is C14H16AsBrO. The van der Waals surface area contributed by atoms with Crippen LogP contribution in [0.2, 0.25) is 5.21 Å². The molecule has 0 saturated carbocycles. The van der Waals surface area contributed by atoms with E-state index < -0.39 is 13.9 Å². The van der Waals surface area contributed by atoms with Gasteiger partial charge in [-0.05, 0) is 0 Å². The van der Waals surface area contributed by atoms with Crippen LogP contribution in [0.5, 0.6) is 0 Å². The van der Waals surface area contributed by atoms with E-state index in [1.165, 1.54) is 0 Å². The van der Waals surface area contributed by atoms with Crippen molar-refractivity contribution in [2.24, 2.45) is 0 Å². The van der Waals surface area contributed by atoms with Crippen molar-refractivity contribution in [2.75, 3.05) is 5.33 Å². The standard InChI is InChI=1S/C14H16AsBrO/c16-12-11-15(17,13-7-3-1-4-8-13)14-9-5-2-6-10-14/h1-10,15,17H,11-12H2. The summed E-state index contributed by atoms with van der Waals surface area (Å²) >= 11 is 0.345. The van der Waals surface area contributed by atoms with Gasteiger partial charge in [-0.1, -0.05) is 0 Å². The zero-order valence-electron chi connectivity index (χ0n) is 9.51. The fraction of sp³-hybridized carbons (Fsp3) is 0.143. The predicted octanol–water partition coefficient (Wildman–Crippen LogP) is 1.87. The summed E-state index contributed by atoms with van der Waals surface area (Å²) < 4.78 is 13.4. The Bertz CT molecular complexity index is 419. The van der Waals surface area contributed by atoms with Crippen molar-refractivity contribution in [1.82, 2.24) is 0 Å². The van der Waals surface area contributed by atoms with Gasteiger partial charge in [-0.25, -0.2) is 0 Å². The third kappa shape index (κ3) is 2.82. The van der Waals surface area contributed by atoms with Crippen LogP contribution in [0.4, 0.5) is 0 Å². The Morgan fingerprint density at radius 1 is 0.824 bits per heavy atom. The molecule has 0 aliphatic carbocycles. The van der Waals surface area contributed by atoms with E-state index in [9.17, 15) is 4.10 Å². The SMILES string of the molecule is O[AsH](CCBr)(c1ccccc1)c1ccccc1. The third-order valence-corrected chi connectivity index (χ3v) is 12.3. The van der Waals surface area contributed by atoms with Crippen LogP contribution < -0.4 is 8.70 Å². The Morgan fingerprint density at radius 2 is 1.24 bits per heavy atom. The summed E-state index contributed by atoms with van der Waals surface area (Å²) in [4.78, 5) is 0. The molecule has 90 valence electrons. The van der Waals surface area contributed by atoms with Gasteiger partial charge in [0.05, 0.1) is 0 Å². The van der Waals surface area contributed by atoms with Crippen molar-refractivity contribution in [3.63, 3.8) is 0 Å². The number of benzene rings is 2. The Hall–Kier alpha value is -0.562. The molecule has 0 atom stereocenters. The molecular weight excluding hydrogens is 339 g/mol. The molecule has 3 heteroatoms. The van der Waals surface area contributed by atoms with E-state index in [0.717, 1.165) is 19.2 Å². The van der Waals surface area contributed by atoms with Gasteiger partial charge in [0.1, 0.15) is 0 Å². The van der Waals surface area contributed by atoms with E-state index in [0.29, 0.717) is 0 Å². The van der Waals surface area contributed by atoms with Crippen LogP contribution >= 0.6 is 15.9 Å². The Kier molecular flexibility index (Phi) is 4.44. The van der Waals surface area contributed by atoms with Crippen LogP contribution in [0.3, 0.4) is 0 Å². The number of rotatable bonds is 4. The van der Waals surface area contributed by atoms with Crippen molar-refractivity contribution in [1.29, 1.82) is 0 Å². The summed E-state index contributed by atoms with van der Waals surface area (Å²) in [5.74, 6) is 0. The van der Waals surface area contributed by atoms with Gasteiger partial charge in [0.15, 0.2) is 0 Å². The van der Waals surface area contributed by atoms with E-state index in [1.807, 2.05) is 36.4 Å². The van der Waals surface area contributed by atoms with Gasteiger partial charge < -0.3 is 0 Å². The van der Waals surface area contributed by atoms with E-state index in [4.69, 9.17) is 0 Å². The van der Waals surface area contributed by atoms with E-state index in [-0.39, 0.29) is 0 Å². The van der Waals surface area contributed by atoms with Crippen molar-refractivity contribution in [3.05, 3.63) is 60.7 Å². The van der Waals surface area contributed by atoms with Gasteiger partial charge in [-0.15, -0.1) is 0 Å². The molecule has 2 aromatic rings. The van der Waals surface area contributed by atoms with E-state index >= 15 is 0 Å². The molecule has 2 aromatic carbocycles. The van der Waals surface area contributed by atoms with E-state index in [1.54, 1.807) is 0 Å². The molecule has 0 heterocycles. The molecule has 0 saturated heterocycles. The first-order valence-electron chi connectivity index (χ1n) is 5.67. The first kappa shape index (κ1) is 12.9. The molecule has 0 aromatic heterocycles. The van der Waals surface area contributed by atoms with Gasteiger partial charge in [-0.2, -0.15) is 0 Å². The van der Waals surface area contributed by atoms with Crippen LogP contribution in [0.15, 0.2) is 60.7 Å². The first-order chi connectivity index (χ1) is 8.27. The molecule has 2 rings (SSSR count). The van der Waals surface area contributed by atoms with Crippen LogP contribution in [0, 0.1) is 0 Å². The molecule has 0 spiro atoms. The molecule has 0 fully saturated rings. The molecule has 1 nitrogen and oxygen atoms in total. The zero-order valence-corrected chi connectivity index (χ0v) is 13.2. The molecule has 0 amide bonds. The van der Waals surface area contributed by atoms with Crippen LogP contribution in [-0.4, -0.2) is 23.3 Å². The topological polar surface area (TPSA) is 20.2 Å². The molecule has 0 aliphatic heterocycles. The fourth-order valence-corrected chi connectivity index (χ4v) is 10.6. The summed E-state index contributed by atoms with van der Waals surface area (Å²) in [5.41, 5.74) is 0. The minimum absolute atomic E-state index is 0.841. The maximum absolute atomic E-state index is 11.1. The van der Waals surface area contributed by atoms with Gasteiger partial charge in [0, 0.05) is 0 Å². The van der Waals surface area contributed by atoms with Gasteiger partial charge in [-0.3, -0.25) is 0 Å². The third-order valence-electron chi connectivity index (χ3n) is 2.96. The quantitative estimate of drug-likeness (QED) is 0.656. The number of alkyl halides is 1. The number of hydrogen-bond donors (Lipinski definition) is 1. The monoisotopic (exact) mass is 354 g/mol. The molecule has 0 radical (unpaired) electrons. The number of hydrogen-bond acceptors (Lipinski definition) is 1. The van der Waals surface area contributed by atoms with Gasteiger partial charge >= 0.3 is 114 Å². The average Bonchev–Trinajstić information content (AvgIpc) is 2.41. The first-order valence-corrected chi connectivity index (χ1v) is 11.3. The fourth-order valence-electron chi connectivity index (χ4n) is 2.02. The minimum atomic E-state index is -3.12. The van der Waals surface area contributed by atoms with Gasteiger partial charge in [0.2, 0.25) is 0 Å². The second-order valence-electron chi connectivity index (χ2n) is 4.03. The van der Waals surface area contributed by atoms with Crippen LogP contribution in [0.1, 0.15) is 0 Å². The zero-order chi connectivity index (χ0) is 12.1. The van der Waals surface area contributed by atoms with Crippen molar-refractivity contribution >= 4 is 38.5 Å². The molecule has 1 N–H and O–H groups in total. The Labute approximate surface area is 113 Å². The molecule has 17 heavy (non-hydrogen) atoms. The summed E-state index contributed by atoms with van der Waals surface area (Å²) in [6, 6.07) is 20.2. The van der Waals surface area contributed by atoms with Gasteiger partial charge in [0.25, 0.3) is 0 Å². The summed E-state index contributed by atoms with van der Waals surface area (Å²) in [6.45, 7) is 0. The predicted molar refractivity (Wildman–Crippen MR) is 80.1 cm³/mol. The maximum atomic E-state index is 11.1. The molecule has 0 bridgehead atoms. The number of halogens is 1. The second-order valence-corrected chi connectivity index (χ2v) is 11.9.